The van der Waals surface area contributed by atoms with Crippen LogP contribution in [0.4, 0.5) is 30.6 Å². The van der Waals surface area contributed by atoms with Crippen LogP contribution < -0.4 is 10.6 Å². The molecule has 0 amide bonds. The lowest BCUT2D eigenvalue weighted by molar-refractivity contribution is -0.137. The summed E-state index contributed by atoms with van der Waals surface area (Å²) in [6.45, 7) is 11.1. The second-order valence-electron chi connectivity index (χ2n) is 10.5. The topological polar surface area (TPSA) is 82.9 Å². The maximum Gasteiger partial charge on any atom is 0.421 e. The van der Waals surface area contributed by atoms with Crippen molar-refractivity contribution in [3.8, 4) is 6.07 Å². The summed E-state index contributed by atoms with van der Waals surface area (Å²) in [7, 11) is -2.02. The van der Waals surface area contributed by atoms with Crippen molar-refractivity contribution in [2.45, 2.75) is 77.0 Å². The number of nitrogens with zero attached hydrogens (tertiary/aromatic N) is 3. The molecule has 36 heavy (non-hydrogen) atoms. The molecule has 12 heteroatoms. The molecule has 1 aliphatic rings. The van der Waals surface area contributed by atoms with Crippen LogP contribution in [0.3, 0.4) is 0 Å². The average Bonchev–Trinajstić information content (AvgIpc) is 3.20. The van der Waals surface area contributed by atoms with E-state index in [9.17, 15) is 18.4 Å². The van der Waals surface area contributed by atoms with Gasteiger partial charge in [0.2, 0.25) is 5.95 Å². The molecule has 3 rings (SSSR count). The number of hydrogen-bond donors (Lipinski definition) is 2. The molecule has 0 spiro atoms. The molecule has 1 aromatic heterocycles. The maximum atomic E-state index is 13.6. The Hall–Kier alpha value is -1.87. The van der Waals surface area contributed by atoms with Crippen molar-refractivity contribution in [1.82, 2.24) is 9.97 Å². The Labute approximate surface area is 224 Å². The third-order valence-electron chi connectivity index (χ3n) is 6.85. The largest absolute Gasteiger partial charge is 0.421 e. The summed E-state index contributed by atoms with van der Waals surface area (Å²) in [6.07, 6.45) is -1.89. The van der Waals surface area contributed by atoms with Crippen LogP contribution in [0.5, 0.6) is 0 Å². The van der Waals surface area contributed by atoms with E-state index in [-0.39, 0.29) is 22.7 Å². The summed E-state index contributed by atoms with van der Waals surface area (Å²) in [4.78, 5) is 8.01. The van der Waals surface area contributed by atoms with Crippen LogP contribution in [0.1, 0.15) is 51.2 Å². The lowest BCUT2D eigenvalue weighted by Gasteiger charge is -2.36. The van der Waals surface area contributed by atoms with Gasteiger partial charge in [-0.2, -0.15) is 23.4 Å². The number of halogens is 5. The summed E-state index contributed by atoms with van der Waals surface area (Å²) >= 11 is 9.93. The highest BCUT2D eigenvalue weighted by atomic mass is 79.9. The minimum Gasteiger partial charge on any atom is -0.413 e. The average molecular weight is 605 g/mol. The molecule has 0 bridgehead atoms. The molecule has 1 aliphatic carbocycles. The highest BCUT2D eigenvalue weighted by molar-refractivity contribution is 9.10. The van der Waals surface area contributed by atoms with E-state index in [4.69, 9.17) is 16.0 Å². The molecule has 0 unspecified atom stereocenters. The Morgan fingerprint density at radius 1 is 1.25 bits per heavy atom. The second kappa shape index (κ2) is 10.9. The van der Waals surface area contributed by atoms with Crippen LogP contribution in [0.15, 0.2) is 22.8 Å². The molecule has 1 heterocycles. The Bertz CT molecular complexity index is 1150. The van der Waals surface area contributed by atoms with Gasteiger partial charge in [-0.3, -0.25) is 0 Å². The first-order chi connectivity index (χ1) is 16.6. The number of nitrogens with one attached hydrogen (secondary N) is 2. The molecule has 1 aromatic carbocycles. The number of nitriles is 1. The van der Waals surface area contributed by atoms with Crippen molar-refractivity contribution < 1.29 is 17.6 Å². The van der Waals surface area contributed by atoms with Crippen LogP contribution in [0, 0.1) is 17.2 Å². The van der Waals surface area contributed by atoms with Gasteiger partial charge in [0, 0.05) is 22.4 Å². The van der Waals surface area contributed by atoms with E-state index in [0.717, 1.165) is 18.2 Å². The van der Waals surface area contributed by atoms with Crippen molar-refractivity contribution in [2.24, 2.45) is 5.92 Å². The summed E-state index contributed by atoms with van der Waals surface area (Å²) < 4.78 is 47.9. The molecule has 1 fully saturated rings. The quantitative estimate of drug-likeness (QED) is 0.310. The van der Waals surface area contributed by atoms with Gasteiger partial charge in [-0.25, -0.2) is 4.98 Å². The van der Waals surface area contributed by atoms with Crippen molar-refractivity contribution in [2.75, 3.05) is 10.6 Å². The molecular formula is C24H30BrClF3N5OSi. The highest BCUT2D eigenvalue weighted by Crippen LogP contribution is 2.39. The van der Waals surface area contributed by atoms with Gasteiger partial charge in [0.05, 0.1) is 23.6 Å². The smallest absolute Gasteiger partial charge is 0.413 e. The zero-order valence-corrected chi connectivity index (χ0v) is 24.2. The number of aromatic nitrogens is 2. The van der Waals surface area contributed by atoms with Crippen LogP contribution in [-0.2, 0) is 17.2 Å². The molecule has 0 aliphatic heterocycles. The van der Waals surface area contributed by atoms with Gasteiger partial charge in [0.1, 0.15) is 11.4 Å². The molecule has 0 radical (unpaired) electrons. The number of rotatable bonds is 7. The zero-order chi connectivity index (χ0) is 26.9. The third kappa shape index (κ3) is 6.71. The molecule has 2 aromatic rings. The van der Waals surface area contributed by atoms with Crippen molar-refractivity contribution in [3.05, 3.63) is 39.0 Å². The number of hydrogen-bond acceptors (Lipinski definition) is 6. The maximum absolute atomic E-state index is 13.6. The Balaban J connectivity index is 1.88. The van der Waals surface area contributed by atoms with E-state index in [1.54, 1.807) is 12.1 Å². The van der Waals surface area contributed by atoms with Crippen molar-refractivity contribution in [3.63, 3.8) is 0 Å². The third-order valence-corrected chi connectivity index (χ3v) is 12.8. The van der Waals surface area contributed by atoms with Crippen LogP contribution in [-0.4, -0.2) is 24.3 Å². The van der Waals surface area contributed by atoms with Gasteiger partial charge in [0.25, 0.3) is 0 Å². The molecule has 0 saturated heterocycles. The summed E-state index contributed by atoms with van der Waals surface area (Å²) in [6, 6.07) is 5.21. The van der Waals surface area contributed by atoms with Gasteiger partial charge >= 0.3 is 6.18 Å². The molecular weight excluding hydrogens is 575 g/mol. The monoisotopic (exact) mass is 603 g/mol. The lowest BCUT2D eigenvalue weighted by atomic mass is 10.1. The Kier molecular flexibility index (Phi) is 8.65. The van der Waals surface area contributed by atoms with E-state index in [0.29, 0.717) is 34.6 Å². The van der Waals surface area contributed by atoms with Crippen LogP contribution >= 0.6 is 27.5 Å². The minimum atomic E-state index is -4.64. The predicted molar refractivity (Wildman–Crippen MR) is 142 cm³/mol. The first kappa shape index (κ1) is 28.7. The first-order valence-corrected chi connectivity index (χ1v) is 15.7. The van der Waals surface area contributed by atoms with Crippen molar-refractivity contribution in [1.29, 1.82) is 5.26 Å². The summed E-state index contributed by atoms with van der Waals surface area (Å²) in [5.74, 6) is -0.741. The Morgan fingerprint density at radius 3 is 2.56 bits per heavy atom. The Morgan fingerprint density at radius 2 is 1.94 bits per heavy atom. The fraction of sp³-hybridized carbons (Fsp3) is 0.542. The van der Waals surface area contributed by atoms with Gasteiger partial charge in [-0.1, -0.05) is 32.4 Å². The molecule has 6 nitrogen and oxygen atoms in total. The fourth-order valence-electron chi connectivity index (χ4n) is 3.65. The number of anilines is 3. The second-order valence-corrected chi connectivity index (χ2v) is 16.5. The lowest BCUT2D eigenvalue weighted by Crippen LogP contribution is -2.40. The molecule has 2 atom stereocenters. The number of alkyl halides is 3. The molecule has 1 saturated carbocycles. The zero-order valence-electron chi connectivity index (χ0n) is 20.9. The molecule has 2 N–H and O–H groups in total. The normalized spacial score (nSPS) is 18.7. The van der Waals surface area contributed by atoms with E-state index in [1.165, 1.54) is 0 Å². The number of benzene rings is 1. The van der Waals surface area contributed by atoms with Crippen molar-refractivity contribution >= 4 is 53.3 Å². The van der Waals surface area contributed by atoms with Gasteiger partial charge < -0.3 is 15.1 Å². The summed E-state index contributed by atoms with van der Waals surface area (Å²) in [5, 5.41) is 15.6. The fourth-order valence-corrected chi connectivity index (χ4v) is 5.18. The summed E-state index contributed by atoms with van der Waals surface area (Å²) in [5.41, 5.74) is 0.329. The van der Waals surface area contributed by atoms with E-state index in [2.05, 4.69) is 76.5 Å². The van der Waals surface area contributed by atoms with Crippen LogP contribution in [0.2, 0.25) is 23.2 Å². The van der Waals surface area contributed by atoms with E-state index in [1.807, 2.05) is 0 Å². The highest BCUT2D eigenvalue weighted by Gasteiger charge is 2.38. The predicted octanol–water partition coefficient (Wildman–Crippen LogP) is 8.28. The standard InChI is InChI=1S/C24H30BrClF3N5OSi/c1-23(2,3)36(4,5)35-13-15-9-16(10-18(26)20(15)25)32-22-31-12-17(24(27,28)29)21(34-22)33-19-8-6-7-14(19)11-30/h9-10,12,14,19H,6-8,13H2,1-5H3,(H2,31,32,33,34)/t14-,19+/m0/s1. The SMILES string of the molecule is CC(C)(C)[Si](C)(C)OCc1cc(Nc2ncc(C(F)(F)F)c(N[C@@H]3CCC[C@H]3C#N)n2)cc(Cl)c1Br. The van der Waals surface area contributed by atoms with Gasteiger partial charge in [-0.15, -0.1) is 0 Å². The van der Waals surface area contributed by atoms with E-state index >= 15 is 0 Å². The van der Waals surface area contributed by atoms with Gasteiger partial charge in [0.15, 0.2) is 8.32 Å². The van der Waals surface area contributed by atoms with E-state index < -0.39 is 26.1 Å². The minimum absolute atomic E-state index is 0.0216. The molecule has 196 valence electrons. The van der Waals surface area contributed by atoms with Crippen LogP contribution in [0.25, 0.3) is 0 Å². The van der Waals surface area contributed by atoms with Gasteiger partial charge in [-0.05, 0) is 71.0 Å². The first-order valence-electron chi connectivity index (χ1n) is 11.6.